The van der Waals surface area contributed by atoms with Gasteiger partial charge in [0.05, 0.1) is 22.8 Å². The first-order valence-corrected chi connectivity index (χ1v) is 13.2. The van der Waals surface area contributed by atoms with E-state index in [0.29, 0.717) is 47.1 Å². The first-order valence-electron chi connectivity index (χ1n) is 13.2. The van der Waals surface area contributed by atoms with E-state index in [2.05, 4.69) is 13.8 Å². The van der Waals surface area contributed by atoms with Gasteiger partial charge in [0.2, 0.25) is 0 Å². The smallest absolute Gasteiger partial charge is 0.133 e. The van der Waals surface area contributed by atoms with Gasteiger partial charge in [-0.2, -0.15) is 0 Å². The number of aromatic nitrogens is 2. The van der Waals surface area contributed by atoms with E-state index in [1.54, 1.807) is 0 Å². The second-order valence-corrected chi connectivity index (χ2v) is 13.0. The number of hydrogen-bond donors (Lipinski definition) is 0. The largest absolute Gasteiger partial charge is 0.300 e. The standard InChI is InChI=1S/C28H36N2O2/c1-27-13-25-23(9-17(27)5-3-15-7-19(31)11-21(15)27)30-26-14-28(2)18(10-24(26)29-25)6-4-16-8-20(32)12-22(16)28/h15-18,21-22H,3-14H2,1-2H3/t15-,16-,17-,18-,21-,22-,27-,28-/m0/s1. The Morgan fingerprint density at radius 1 is 0.594 bits per heavy atom. The van der Waals surface area contributed by atoms with E-state index in [0.717, 1.165) is 51.4 Å². The maximum absolute atomic E-state index is 12.3. The minimum Gasteiger partial charge on any atom is -0.300 e. The summed E-state index contributed by atoms with van der Waals surface area (Å²) in [6, 6.07) is 0. The highest BCUT2D eigenvalue weighted by Crippen LogP contribution is 2.60. The lowest BCUT2D eigenvalue weighted by atomic mass is 9.53. The number of ketones is 2. The third-order valence-electron chi connectivity index (χ3n) is 11.5. The van der Waals surface area contributed by atoms with Crippen molar-refractivity contribution in [3.8, 4) is 0 Å². The molecule has 7 rings (SSSR count). The molecule has 1 aromatic rings. The number of hydrogen-bond acceptors (Lipinski definition) is 4. The number of Topliss-reactive ketones (excluding diaryl/α,β-unsaturated/α-hetero) is 2. The highest BCUT2D eigenvalue weighted by molar-refractivity contribution is 5.82. The van der Waals surface area contributed by atoms with E-state index in [-0.39, 0.29) is 10.8 Å². The van der Waals surface area contributed by atoms with Crippen molar-refractivity contribution in [1.29, 1.82) is 0 Å². The zero-order valence-electron chi connectivity index (χ0n) is 19.7. The molecule has 8 atom stereocenters. The van der Waals surface area contributed by atoms with Crippen LogP contribution in [0, 0.1) is 46.3 Å². The molecule has 0 aromatic carbocycles. The summed E-state index contributed by atoms with van der Waals surface area (Å²) in [5.41, 5.74) is 5.44. The summed E-state index contributed by atoms with van der Waals surface area (Å²) in [6.45, 7) is 4.93. The summed E-state index contributed by atoms with van der Waals surface area (Å²) in [4.78, 5) is 35.2. The average Bonchev–Trinajstić information content (AvgIpc) is 3.32. The lowest BCUT2D eigenvalue weighted by Gasteiger charge is -2.53. The summed E-state index contributed by atoms with van der Waals surface area (Å²) in [5, 5.41) is 0. The summed E-state index contributed by atoms with van der Waals surface area (Å²) >= 11 is 0. The molecule has 4 saturated carbocycles. The molecule has 4 nitrogen and oxygen atoms in total. The van der Waals surface area contributed by atoms with Gasteiger partial charge in [0.25, 0.3) is 0 Å². The van der Waals surface area contributed by atoms with Gasteiger partial charge in [-0.3, -0.25) is 19.6 Å². The zero-order valence-corrected chi connectivity index (χ0v) is 19.7. The van der Waals surface area contributed by atoms with Gasteiger partial charge >= 0.3 is 0 Å². The molecule has 0 amide bonds. The fourth-order valence-electron chi connectivity index (χ4n) is 9.71. The molecule has 0 aliphatic heterocycles. The third kappa shape index (κ3) is 2.61. The Kier molecular flexibility index (Phi) is 4.04. The Morgan fingerprint density at radius 2 is 1.03 bits per heavy atom. The highest BCUT2D eigenvalue weighted by Gasteiger charge is 2.56. The van der Waals surface area contributed by atoms with Gasteiger partial charge in [0, 0.05) is 25.7 Å². The second-order valence-electron chi connectivity index (χ2n) is 13.0. The average molecular weight is 433 g/mol. The van der Waals surface area contributed by atoms with Gasteiger partial charge in [-0.25, -0.2) is 0 Å². The van der Waals surface area contributed by atoms with Crippen LogP contribution in [0.5, 0.6) is 0 Å². The van der Waals surface area contributed by atoms with Crippen molar-refractivity contribution < 1.29 is 9.59 Å². The van der Waals surface area contributed by atoms with Crippen LogP contribution in [-0.4, -0.2) is 21.5 Å². The first-order chi connectivity index (χ1) is 15.3. The molecule has 0 N–H and O–H groups in total. The maximum Gasteiger partial charge on any atom is 0.133 e. The quantitative estimate of drug-likeness (QED) is 0.596. The summed E-state index contributed by atoms with van der Waals surface area (Å²) in [7, 11) is 0. The van der Waals surface area contributed by atoms with E-state index < -0.39 is 0 Å². The maximum atomic E-state index is 12.3. The molecule has 0 unspecified atom stereocenters. The van der Waals surface area contributed by atoms with Crippen LogP contribution in [0.25, 0.3) is 0 Å². The van der Waals surface area contributed by atoms with Crippen molar-refractivity contribution >= 4 is 11.6 Å². The minimum atomic E-state index is 0.219. The normalized spacial score (nSPS) is 46.6. The summed E-state index contributed by atoms with van der Waals surface area (Å²) < 4.78 is 0. The fourth-order valence-corrected chi connectivity index (χ4v) is 9.71. The fraction of sp³-hybridized carbons (Fsp3) is 0.786. The van der Waals surface area contributed by atoms with E-state index in [1.807, 2.05) is 0 Å². The van der Waals surface area contributed by atoms with E-state index >= 15 is 0 Å². The Morgan fingerprint density at radius 3 is 1.47 bits per heavy atom. The predicted octanol–water partition coefficient (Wildman–Crippen LogP) is 4.70. The Hall–Kier alpha value is -1.58. The van der Waals surface area contributed by atoms with Crippen LogP contribution < -0.4 is 0 Å². The second kappa shape index (κ2) is 6.51. The van der Waals surface area contributed by atoms with Crippen LogP contribution in [0.2, 0.25) is 0 Å². The molecule has 1 heterocycles. The van der Waals surface area contributed by atoms with Crippen LogP contribution >= 0.6 is 0 Å². The molecule has 4 heteroatoms. The van der Waals surface area contributed by atoms with Crippen LogP contribution in [0.3, 0.4) is 0 Å². The van der Waals surface area contributed by atoms with Gasteiger partial charge in [-0.15, -0.1) is 0 Å². The molecule has 0 spiro atoms. The summed E-state index contributed by atoms with van der Waals surface area (Å²) in [5.74, 6) is 4.60. The van der Waals surface area contributed by atoms with Crippen LogP contribution in [0.15, 0.2) is 0 Å². The lowest BCUT2D eigenvalue weighted by Crippen LogP contribution is -2.49. The van der Waals surface area contributed by atoms with Crippen LogP contribution in [0.4, 0.5) is 0 Å². The van der Waals surface area contributed by atoms with Crippen molar-refractivity contribution in [2.24, 2.45) is 46.3 Å². The number of carbonyl (C=O) groups is 2. The molecule has 6 aliphatic carbocycles. The zero-order chi connectivity index (χ0) is 21.8. The number of fused-ring (bicyclic) bond motifs is 8. The molecule has 170 valence electrons. The number of carbonyl (C=O) groups excluding carboxylic acids is 2. The van der Waals surface area contributed by atoms with Crippen LogP contribution in [0.1, 0.15) is 88.0 Å². The van der Waals surface area contributed by atoms with Gasteiger partial charge in [-0.1, -0.05) is 13.8 Å². The Balaban J connectivity index is 1.23. The molecule has 32 heavy (non-hydrogen) atoms. The molecule has 4 fully saturated rings. The molecule has 0 saturated heterocycles. The van der Waals surface area contributed by atoms with Crippen molar-refractivity contribution in [2.75, 3.05) is 0 Å². The van der Waals surface area contributed by atoms with Gasteiger partial charge < -0.3 is 0 Å². The van der Waals surface area contributed by atoms with Crippen LogP contribution in [-0.2, 0) is 35.3 Å². The van der Waals surface area contributed by atoms with Crippen molar-refractivity contribution in [1.82, 2.24) is 9.97 Å². The molecular formula is C28H36N2O2. The highest BCUT2D eigenvalue weighted by atomic mass is 16.1. The first kappa shape index (κ1) is 19.9. The van der Waals surface area contributed by atoms with Crippen molar-refractivity contribution in [3.63, 3.8) is 0 Å². The lowest BCUT2D eigenvalue weighted by molar-refractivity contribution is -0.118. The van der Waals surface area contributed by atoms with E-state index in [1.165, 1.54) is 48.5 Å². The predicted molar refractivity (Wildman–Crippen MR) is 121 cm³/mol. The number of nitrogens with zero attached hydrogens (tertiary/aromatic N) is 2. The van der Waals surface area contributed by atoms with Gasteiger partial charge in [0.15, 0.2) is 0 Å². The van der Waals surface area contributed by atoms with E-state index in [9.17, 15) is 9.59 Å². The Bertz CT molecular complexity index is 951. The molecular weight excluding hydrogens is 396 g/mol. The SMILES string of the molecule is C[C@]12Cc3nc4c(nc3C[C@@H]1CC[C@H]1CC(=O)C[C@@H]12)C[C@@]1(C)[C@@H](CC[C@H]2CC(=O)C[C@@H]21)C4. The van der Waals surface area contributed by atoms with Crippen molar-refractivity contribution in [3.05, 3.63) is 22.8 Å². The van der Waals surface area contributed by atoms with Gasteiger partial charge in [0.1, 0.15) is 11.6 Å². The minimum absolute atomic E-state index is 0.219. The topological polar surface area (TPSA) is 59.9 Å². The molecule has 0 bridgehead atoms. The van der Waals surface area contributed by atoms with Crippen molar-refractivity contribution in [2.45, 2.75) is 90.9 Å². The summed E-state index contributed by atoms with van der Waals surface area (Å²) in [6.07, 6.45) is 12.3. The molecule has 1 aromatic heterocycles. The van der Waals surface area contributed by atoms with E-state index in [4.69, 9.17) is 9.97 Å². The monoisotopic (exact) mass is 432 g/mol. The molecule has 6 aliphatic rings. The van der Waals surface area contributed by atoms with Gasteiger partial charge in [-0.05, 0) is 97.7 Å². The number of rotatable bonds is 0. The molecule has 0 radical (unpaired) electrons. The Labute approximate surface area is 191 Å². The third-order valence-corrected chi connectivity index (χ3v) is 11.5.